The van der Waals surface area contributed by atoms with Gasteiger partial charge in [-0.05, 0) is 44.0 Å². The molecule has 0 fully saturated rings. The first-order chi connectivity index (χ1) is 9.62. The molecule has 2 nitrogen and oxygen atoms in total. The van der Waals surface area contributed by atoms with Gasteiger partial charge in [0, 0.05) is 12.6 Å². The molecule has 2 unspecified atom stereocenters. The van der Waals surface area contributed by atoms with Gasteiger partial charge in [-0.25, -0.2) is 4.39 Å². The Kier molecular flexibility index (Phi) is 8.12. The molecule has 2 atom stereocenters. The highest BCUT2D eigenvalue weighted by Crippen LogP contribution is 2.19. The largest absolute Gasteiger partial charge is 0.377 e. The van der Waals surface area contributed by atoms with E-state index in [9.17, 15) is 4.39 Å². The van der Waals surface area contributed by atoms with Crippen LogP contribution in [0.25, 0.3) is 0 Å². The lowest BCUT2D eigenvalue weighted by molar-refractivity contribution is 0.0285. The first kappa shape index (κ1) is 17.4. The van der Waals surface area contributed by atoms with Crippen molar-refractivity contribution in [2.75, 3.05) is 13.2 Å². The smallest absolute Gasteiger partial charge is 0.142 e. The van der Waals surface area contributed by atoms with Gasteiger partial charge >= 0.3 is 0 Å². The molecule has 0 aliphatic heterocycles. The van der Waals surface area contributed by atoms with E-state index in [1.54, 1.807) is 6.07 Å². The summed E-state index contributed by atoms with van der Waals surface area (Å²) in [6.07, 6.45) is 2.97. The Labute approximate surface area is 126 Å². The molecule has 0 aliphatic rings. The van der Waals surface area contributed by atoms with Crippen molar-refractivity contribution in [2.45, 2.75) is 52.2 Å². The van der Waals surface area contributed by atoms with Crippen molar-refractivity contribution in [3.63, 3.8) is 0 Å². The maximum atomic E-state index is 13.5. The average Bonchev–Trinajstić information content (AvgIpc) is 2.42. The Hall–Kier alpha value is -0.640. The molecule has 0 heterocycles. The fraction of sp³-hybridized carbons (Fsp3) is 0.625. The van der Waals surface area contributed by atoms with Gasteiger partial charge in [0.2, 0.25) is 0 Å². The third kappa shape index (κ3) is 5.39. The zero-order valence-corrected chi connectivity index (χ0v) is 13.3. The quantitative estimate of drug-likeness (QED) is 0.738. The van der Waals surface area contributed by atoms with E-state index in [1.165, 1.54) is 6.07 Å². The minimum Gasteiger partial charge on any atom is -0.377 e. The highest BCUT2D eigenvalue weighted by Gasteiger charge is 2.21. The first-order valence-electron chi connectivity index (χ1n) is 7.41. The topological polar surface area (TPSA) is 21.3 Å². The van der Waals surface area contributed by atoms with Crippen molar-refractivity contribution < 1.29 is 9.13 Å². The summed E-state index contributed by atoms with van der Waals surface area (Å²) in [4.78, 5) is 0. The van der Waals surface area contributed by atoms with E-state index in [4.69, 9.17) is 16.3 Å². The second-order valence-corrected chi connectivity index (χ2v) is 5.31. The van der Waals surface area contributed by atoms with Crippen LogP contribution in [-0.4, -0.2) is 25.3 Å². The maximum Gasteiger partial charge on any atom is 0.142 e. The molecule has 0 bridgehead atoms. The van der Waals surface area contributed by atoms with Crippen LogP contribution >= 0.6 is 11.6 Å². The van der Waals surface area contributed by atoms with E-state index in [1.807, 2.05) is 13.0 Å². The molecule has 20 heavy (non-hydrogen) atoms. The summed E-state index contributed by atoms with van der Waals surface area (Å²) in [5.41, 5.74) is 0.943. The van der Waals surface area contributed by atoms with Crippen LogP contribution in [-0.2, 0) is 11.2 Å². The lowest BCUT2D eigenvalue weighted by Crippen LogP contribution is -2.43. The molecule has 0 radical (unpaired) electrons. The fourth-order valence-electron chi connectivity index (χ4n) is 2.42. The SMILES string of the molecule is CCCC(OCC)C(Cc1ccc(Cl)c(F)c1)NCC. The van der Waals surface area contributed by atoms with Crippen molar-refractivity contribution in [1.82, 2.24) is 5.32 Å². The number of nitrogens with one attached hydrogen (secondary N) is 1. The highest BCUT2D eigenvalue weighted by atomic mass is 35.5. The van der Waals surface area contributed by atoms with Crippen LogP contribution in [0.3, 0.4) is 0 Å². The van der Waals surface area contributed by atoms with Gasteiger partial charge in [0.15, 0.2) is 0 Å². The summed E-state index contributed by atoms with van der Waals surface area (Å²) in [6.45, 7) is 7.80. The van der Waals surface area contributed by atoms with E-state index < -0.39 is 0 Å². The molecule has 0 aliphatic carbocycles. The van der Waals surface area contributed by atoms with Crippen LogP contribution in [0.15, 0.2) is 18.2 Å². The number of hydrogen-bond acceptors (Lipinski definition) is 2. The van der Waals surface area contributed by atoms with Gasteiger partial charge in [-0.1, -0.05) is 37.9 Å². The van der Waals surface area contributed by atoms with Crippen LogP contribution < -0.4 is 5.32 Å². The van der Waals surface area contributed by atoms with Crippen molar-refractivity contribution >= 4 is 11.6 Å². The summed E-state index contributed by atoms with van der Waals surface area (Å²) < 4.78 is 19.4. The Morgan fingerprint density at radius 3 is 2.60 bits per heavy atom. The molecule has 1 rings (SSSR count). The number of hydrogen-bond donors (Lipinski definition) is 1. The van der Waals surface area contributed by atoms with Gasteiger partial charge in [-0.3, -0.25) is 0 Å². The number of ether oxygens (including phenoxy) is 1. The molecule has 1 aromatic rings. The van der Waals surface area contributed by atoms with Gasteiger partial charge < -0.3 is 10.1 Å². The van der Waals surface area contributed by atoms with Crippen LogP contribution in [0.2, 0.25) is 5.02 Å². The zero-order chi connectivity index (χ0) is 15.0. The Bertz CT molecular complexity index is 394. The molecule has 1 N–H and O–H groups in total. The molecule has 0 spiro atoms. The maximum absolute atomic E-state index is 13.5. The third-order valence-electron chi connectivity index (χ3n) is 3.31. The number of likely N-dealkylation sites (N-methyl/N-ethyl adjacent to an activating group) is 1. The van der Waals surface area contributed by atoms with Crippen molar-refractivity contribution in [2.24, 2.45) is 0 Å². The highest BCUT2D eigenvalue weighted by molar-refractivity contribution is 6.30. The van der Waals surface area contributed by atoms with E-state index in [2.05, 4.69) is 19.2 Å². The molecule has 0 saturated heterocycles. The third-order valence-corrected chi connectivity index (χ3v) is 3.62. The van der Waals surface area contributed by atoms with Gasteiger partial charge in [0.05, 0.1) is 11.1 Å². The predicted molar refractivity (Wildman–Crippen MR) is 82.9 cm³/mol. The summed E-state index contributed by atoms with van der Waals surface area (Å²) >= 11 is 5.73. The molecule has 0 amide bonds. The van der Waals surface area contributed by atoms with Gasteiger partial charge in [-0.2, -0.15) is 0 Å². The lowest BCUT2D eigenvalue weighted by Gasteiger charge is -2.28. The second kappa shape index (κ2) is 9.32. The minimum atomic E-state index is -0.358. The Morgan fingerprint density at radius 1 is 1.30 bits per heavy atom. The second-order valence-electron chi connectivity index (χ2n) is 4.90. The zero-order valence-electron chi connectivity index (χ0n) is 12.6. The lowest BCUT2D eigenvalue weighted by atomic mass is 9.98. The van der Waals surface area contributed by atoms with Crippen LogP contribution in [0.5, 0.6) is 0 Å². The van der Waals surface area contributed by atoms with E-state index in [0.29, 0.717) is 6.61 Å². The Morgan fingerprint density at radius 2 is 2.05 bits per heavy atom. The van der Waals surface area contributed by atoms with Gasteiger partial charge in [0.25, 0.3) is 0 Å². The first-order valence-corrected chi connectivity index (χ1v) is 7.79. The van der Waals surface area contributed by atoms with Crippen LogP contribution in [0.4, 0.5) is 4.39 Å². The number of rotatable bonds is 9. The minimum absolute atomic E-state index is 0.156. The van der Waals surface area contributed by atoms with Crippen LogP contribution in [0.1, 0.15) is 39.2 Å². The molecule has 1 aromatic carbocycles. The fourth-order valence-corrected chi connectivity index (χ4v) is 2.53. The van der Waals surface area contributed by atoms with Crippen molar-refractivity contribution in [1.29, 1.82) is 0 Å². The van der Waals surface area contributed by atoms with E-state index >= 15 is 0 Å². The molecule has 4 heteroatoms. The monoisotopic (exact) mass is 301 g/mol. The standard InChI is InChI=1S/C16H25ClFNO/c1-4-7-16(20-6-3)15(19-5-2)11-12-8-9-13(17)14(18)10-12/h8-10,15-16,19H,4-7,11H2,1-3H3. The van der Waals surface area contributed by atoms with Gasteiger partial charge in [0.1, 0.15) is 5.82 Å². The van der Waals surface area contributed by atoms with Crippen molar-refractivity contribution in [3.05, 3.63) is 34.6 Å². The molecular formula is C16H25ClFNO. The van der Waals surface area contributed by atoms with Crippen LogP contribution in [0, 0.1) is 5.82 Å². The molecular weight excluding hydrogens is 277 g/mol. The molecule has 114 valence electrons. The Balaban J connectivity index is 2.80. The summed E-state index contributed by atoms with van der Waals surface area (Å²) in [7, 11) is 0. The predicted octanol–water partition coefficient (Wildman–Crippen LogP) is 4.20. The normalized spacial score (nSPS) is 14.2. The average molecular weight is 302 g/mol. The van der Waals surface area contributed by atoms with Gasteiger partial charge in [-0.15, -0.1) is 0 Å². The molecule has 0 aromatic heterocycles. The van der Waals surface area contributed by atoms with Crippen molar-refractivity contribution in [3.8, 4) is 0 Å². The number of benzene rings is 1. The number of halogens is 2. The summed E-state index contributed by atoms with van der Waals surface area (Å²) in [5.74, 6) is -0.358. The van der Waals surface area contributed by atoms with E-state index in [-0.39, 0.29) is 23.0 Å². The summed E-state index contributed by atoms with van der Waals surface area (Å²) in [5, 5.41) is 3.62. The molecule has 0 saturated carbocycles. The van der Waals surface area contributed by atoms with E-state index in [0.717, 1.165) is 31.4 Å². The summed E-state index contributed by atoms with van der Waals surface area (Å²) in [6, 6.07) is 5.21.